The second-order valence-corrected chi connectivity index (χ2v) is 6.57. The number of carbonyl (C=O) groups excluding carboxylic acids is 2. The standard InChI is InChI=1S/C16H27N3O4/c20-15(17-10-13-4-3-8-22-13)12-18-7-9-23-14(11-18)16(21)19-5-1-2-6-19/h13-14H,1-12H2,(H,17,20). The molecule has 0 aromatic rings. The van der Waals surface area contributed by atoms with E-state index in [1.165, 1.54) is 0 Å². The number of ether oxygens (including phenoxy) is 2. The Morgan fingerprint density at radius 1 is 1.04 bits per heavy atom. The molecule has 0 radical (unpaired) electrons. The number of nitrogens with one attached hydrogen (secondary N) is 1. The Hall–Kier alpha value is -1.18. The summed E-state index contributed by atoms with van der Waals surface area (Å²) in [7, 11) is 0. The van der Waals surface area contributed by atoms with E-state index in [9.17, 15) is 9.59 Å². The lowest BCUT2D eigenvalue weighted by Crippen LogP contribution is -2.52. The molecular weight excluding hydrogens is 298 g/mol. The van der Waals surface area contributed by atoms with Crippen molar-refractivity contribution < 1.29 is 19.1 Å². The fraction of sp³-hybridized carbons (Fsp3) is 0.875. The Bertz CT molecular complexity index is 420. The van der Waals surface area contributed by atoms with Crippen LogP contribution in [0.15, 0.2) is 0 Å². The summed E-state index contributed by atoms with van der Waals surface area (Å²) in [6.07, 6.45) is 3.98. The Morgan fingerprint density at radius 3 is 2.61 bits per heavy atom. The van der Waals surface area contributed by atoms with Gasteiger partial charge in [-0.05, 0) is 25.7 Å². The Kier molecular flexibility index (Phi) is 5.85. The van der Waals surface area contributed by atoms with Gasteiger partial charge in [0.15, 0.2) is 0 Å². The van der Waals surface area contributed by atoms with Gasteiger partial charge in [-0.15, -0.1) is 0 Å². The van der Waals surface area contributed by atoms with Gasteiger partial charge >= 0.3 is 0 Å². The second-order valence-electron chi connectivity index (χ2n) is 6.57. The summed E-state index contributed by atoms with van der Waals surface area (Å²) < 4.78 is 11.1. The van der Waals surface area contributed by atoms with Crippen LogP contribution >= 0.6 is 0 Å². The highest BCUT2D eigenvalue weighted by molar-refractivity contribution is 5.82. The van der Waals surface area contributed by atoms with Gasteiger partial charge in [0.05, 0.1) is 19.3 Å². The van der Waals surface area contributed by atoms with Crippen LogP contribution in [0.3, 0.4) is 0 Å². The molecule has 0 aromatic carbocycles. The normalized spacial score (nSPS) is 29.0. The molecule has 3 saturated heterocycles. The van der Waals surface area contributed by atoms with Gasteiger partial charge in [-0.3, -0.25) is 14.5 Å². The van der Waals surface area contributed by atoms with Crippen molar-refractivity contribution in [2.75, 3.05) is 52.5 Å². The van der Waals surface area contributed by atoms with Crippen molar-refractivity contribution in [3.63, 3.8) is 0 Å². The lowest BCUT2D eigenvalue weighted by atomic mass is 10.2. The molecule has 7 heteroatoms. The molecule has 3 aliphatic rings. The van der Waals surface area contributed by atoms with E-state index >= 15 is 0 Å². The van der Waals surface area contributed by atoms with Crippen LogP contribution in [0.1, 0.15) is 25.7 Å². The number of carbonyl (C=O) groups is 2. The minimum atomic E-state index is -0.423. The fourth-order valence-electron chi connectivity index (χ4n) is 3.43. The molecular formula is C16H27N3O4. The number of likely N-dealkylation sites (tertiary alicyclic amines) is 1. The molecule has 1 N–H and O–H groups in total. The van der Waals surface area contributed by atoms with Gasteiger partial charge in [0, 0.05) is 39.3 Å². The van der Waals surface area contributed by atoms with Gasteiger partial charge < -0.3 is 19.7 Å². The van der Waals surface area contributed by atoms with E-state index in [4.69, 9.17) is 9.47 Å². The van der Waals surface area contributed by atoms with Gasteiger partial charge in [0.25, 0.3) is 5.91 Å². The number of nitrogens with zero attached hydrogens (tertiary/aromatic N) is 2. The second kappa shape index (κ2) is 8.08. The largest absolute Gasteiger partial charge is 0.376 e. The minimum Gasteiger partial charge on any atom is -0.376 e. The van der Waals surface area contributed by atoms with Crippen molar-refractivity contribution in [3.8, 4) is 0 Å². The summed E-state index contributed by atoms with van der Waals surface area (Å²) in [6, 6.07) is 0. The lowest BCUT2D eigenvalue weighted by molar-refractivity contribution is -0.149. The lowest BCUT2D eigenvalue weighted by Gasteiger charge is -2.33. The van der Waals surface area contributed by atoms with Gasteiger partial charge in [-0.2, -0.15) is 0 Å². The first-order valence-corrected chi connectivity index (χ1v) is 8.73. The van der Waals surface area contributed by atoms with Crippen molar-refractivity contribution in [1.82, 2.24) is 15.1 Å². The number of rotatable bonds is 5. The summed E-state index contributed by atoms with van der Waals surface area (Å²) >= 11 is 0. The van der Waals surface area contributed by atoms with Crippen LogP contribution in [-0.2, 0) is 19.1 Å². The fourth-order valence-corrected chi connectivity index (χ4v) is 3.43. The molecule has 2 atom stereocenters. The molecule has 0 saturated carbocycles. The summed E-state index contributed by atoms with van der Waals surface area (Å²) in [6.45, 7) is 5.06. The molecule has 130 valence electrons. The molecule has 3 fully saturated rings. The maximum absolute atomic E-state index is 12.4. The van der Waals surface area contributed by atoms with Crippen molar-refractivity contribution in [3.05, 3.63) is 0 Å². The van der Waals surface area contributed by atoms with Crippen LogP contribution in [0.25, 0.3) is 0 Å². The molecule has 0 spiro atoms. The van der Waals surface area contributed by atoms with Crippen molar-refractivity contribution in [2.24, 2.45) is 0 Å². The summed E-state index contributed by atoms with van der Waals surface area (Å²) in [5.41, 5.74) is 0. The highest BCUT2D eigenvalue weighted by Crippen LogP contribution is 2.14. The SMILES string of the molecule is O=C(CN1CCOC(C(=O)N2CCCC2)C1)NCC1CCCO1. The van der Waals surface area contributed by atoms with Gasteiger partial charge in [0.2, 0.25) is 5.91 Å². The van der Waals surface area contributed by atoms with Crippen LogP contribution in [0.4, 0.5) is 0 Å². The zero-order valence-corrected chi connectivity index (χ0v) is 13.7. The van der Waals surface area contributed by atoms with E-state index in [1.807, 2.05) is 9.80 Å². The zero-order chi connectivity index (χ0) is 16.1. The third kappa shape index (κ3) is 4.65. The van der Waals surface area contributed by atoms with Crippen LogP contribution in [0, 0.1) is 0 Å². The summed E-state index contributed by atoms with van der Waals surface area (Å²) in [5, 5.41) is 2.93. The number of amides is 2. The third-order valence-electron chi connectivity index (χ3n) is 4.76. The van der Waals surface area contributed by atoms with E-state index in [0.29, 0.717) is 32.8 Å². The van der Waals surface area contributed by atoms with Crippen molar-refractivity contribution >= 4 is 11.8 Å². The molecule has 3 rings (SSSR count). The maximum atomic E-state index is 12.4. The number of hydrogen-bond acceptors (Lipinski definition) is 5. The first kappa shape index (κ1) is 16.7. The van der Waals surface area contributed by atoms with Gasteiger partial charge in [-0.25, -0.2) is 0 Å². The Balaban J connectivity index is 1.40. The summed E-state index contributed by atoms with van der Waals surface area (Å²) in [4.78, 5) is 28.3. The molecule has 7 nitrogen and oxygen atoms in total. The smallest absolute Gasteiger partial charge is 0.253 e. The molecule has 0 bridgehead atoms. The van der Waals surface area contributed by atoms with Crippen molar-refractivity contribution in [2.45, 2.75) is 37.9 Å². The first-order valence-electron chi connectivity index (χ1n) is 8.73. The van der Waals surface area contributed by atoms with Crippen LogP contribution in [-0.4, -0.2) is 86.3 Å². The highest BCUT2D eigenvalue weighted by atomic mass is 16.5. The van der Waals surface area contributed by atoms with E-state index in [1.54, 1.807) is 0 Å². The van der Waals surface area contributed by atoms with Gasteiger partial charge in [-0.1, -0.05) is 0 Å². The number of hydrogen-bond donors (Lipinski definition) is 1. The van der Waals surface area contributed by atoms with Gasteiger partial charge in [0.1, 0.15) is 6.10 Å². The average molecular weight is 325 g/mol. The summed E-state index contributed by atoms with van der Waals surface area (Å²) in [5.74, 6) is 0.0711. The minimum absolute atomic E-state index is 0.00484. The molecule has 3 aliphatic heterocycles. The van der Waals surface area contributed by atoms with Crippen molar-refractivity contribution in [1.29, 1.82) is 0 Å². The monoisotopic (exact) mass is 325 g/mol. The Labute approximate surface area is 137 Å². The van der Waals surface area contributed by atoms with Crippen LogP contribution in [0.5, 0.6) is 0 Å². The molecule has 0 aromatic heterocycles. The first-order chi connectivity index (χ1) is 11.2. The maximum Gasteiger partial charge on any atom is 0.253 e. The molecule has 23 heavy (non-hydrogen) atoms. The molecule has 3 heterocycles. The van der Waals surface area contributed by atoms with E-state index in [-0.39, 0.29) is 17.9 Å². The average Bonchev–Trinajstić information content (AvgIpc) is 3.26. The zero-order valence-electron chi connectivity index (χ0n) is 13.7. The molecule has 2 amide bonds. The predicted molar refractivity (Wildman–Crippen MR) is 84.0 cm³/mol. The third-order valence-corrected chi connectivity index (χ3v) is 4.76. The quantitative estimate of drug-likeness (QED) is 0.745. The van der Waals surface area contributed by atoms with Crippen LogP contribution < -0.4 is 5.32 Å². The molecule has 2 unspecified atom stereocenters. The van der Waals surface area contributed by atoms with E-state index in [2.05, 4.69) is 5.32 Å². The Morgan fingerprint density at radius 2 is 1.87 bits per heavy atom. The van der Waals surface area contributed by atoms with Crippen LogP contribution in [0.2, 0.25) is 0 Å². The van der Waals surface area contributed by atoms with E-state index in [0.717, 1.165) is 45.4 Å². The van der Waals surface area contributed by atoms with E-state index < -0.39 is 6.10 Å². The molecule has 0 aliphatic carbocycles. The topological polar surface area (TPSA) is 71.1 Å². The number of morpholine rings is 1. The predicted octanol–water partition coefficient (Wildman–Crippen LogP) is -0.395. The highest BCUT2D eigenvalue weighted by Gasteiger charge is 2.32.